The van der Waals surface area contributed by atoms with Crippen LogP contribution in [-0.4, -0.2) is 9.52 Å². The Balaban J connectivity index is 3.05. The fraction of sp³-hybridized carbons (Fsp3) is 1.00. The van der Waals surface area contributed by atoms with Gasteiger partial charge < -0.3 is 0 Å². The van der Waals surface area contributed by atoms with Crippen molar-refractivity contribution >= 4 is 9.52 Å². The highest BCUT2D eigenvalue weighted by atomic mass is 28.2. The average Bonchev–Trinajstić information content (AvgIpc) is 3.17. The quantitative estimate of drug-likeness (QED) is 0.0428. The number of rotatable bonds is 50. The van der Waals surface area contributed by atoms with Gasteiger partial charge in [0.2, 0.25) is 0 Å². The molecular formula is C52H106Si. The van der Waals surface area contributed by atoms with Gasteiger partial charge in [0.15, 0.2) is 0 Å². The molecule has 0 aromatic heterocycles. The first kappa shape index (κ1) is 53.2. The van der Waals surface area contributed by atoms with Crippen LogP contribution in [0.15, 0.2) is 0 Å². The Morgan fingerprint density at radius 2 is 0.264 bits per heavy atom. The summed E-state index contributed by atoms with van der Waals surface area (Å²) in [5.74, 6) is 0. The molecule has 0 aliphatic carbocycles. The summed E-state index contributed by atoms with van der Waals surface area (Å²) < 4.78 is 0. The predicted octanol–water partition coefficient (Wildman–Crippen LogP) is 20.3. The van der Waals surface area contributed by atoms with Crippen LogP contribution in [0.4, 0.5) is 0 Å². The van der Waals surface area contributed by atoms with Crippen molar-refractivity contribution in [1.82, 2.24) is 0 Å². The first-order chi connectivity index (χ1) is 26.4. The van der Waals surface area contributed by atoms with E-state index in [2.05, 4.69) is 13.8 Å². The van der Waals surface area contributed by atoms with E-state index in [9.17, 15) is 0 Å². The van der Waals surface area contributed by atoms with Crippen LogP contribution in [0.3, 0.4) is 0 Å². The summed E-state index contributed by atoms with van der Waals surface area (Å²) in [6.45, 7) is 4.63. The Morgan fingerprint density at radius 1 is 0.151 bits per heavy atom. The molecule has 318 valence electrons. The Labute approximate surface area is 342 Å². The van der Waals surface area contributed by atoms with Crippen molar-refractivity contribution in [1.29, 1.82) is 0 Å². The van der Waals surface area contributed by atoms with Gasteiger partial charge in [0.1, 0.15) is 0 Å². The monoisotopic (exact) mass is 759 g/mol. The van der Waals surface area contributed by atoms with Gasteiger partial charge >= 0.3 is 0 Å². The van der Waals surface area contributed by atoms with Crippen molar-refractivity contribution in [3.05, 3.63) is 0 Å². The van der Waals surface area contributed by atoms with Gasteiger partial charge in [0.05, 0.1) is 0 Å². The lowest BCUT2D eigenvalue weighted by atomic mass is 10.0. The highest BCUT2D eigenvalue weighted by molar-refractivity contribution is 6.35. The minimum atomic E-state index is 1.25. The maximum absolute atomic E-state index is 2.31. The van der Waals surface area contributed by atoms with Gasteiger partial charge in [-0.1, -0.05) is 334 Å². The molecule has 0 saturated heterocycles. The van der Waals surface area contributed by atoms with E-state index in [1.807, 2.05) is 0 Å². The maximum Gasteiger partial charge on any atom is 0.0378 e. The smallest absolute Gasteiger partial charge is 0.0378 e. The van der Waals surface area contributed by atoms with Crippen molar-refractivity contribution in [3.63, 3.8) is 0 Å². The summed E-state index contributed by atoms with van der Waals surface area (Å²) in [6, 6.07) is 3.05. The molecule has 0 rings (SSSR count). The Morgan fingerprint density at radius 3 is 0.396 bits per heavy atom. The lowest BCUT2D eigenvalue weighted by Gasteiger charge is -2.05. The molecule has 0 nitrogen and oxygen atoms in total. The summed E-state index contributed by atoms with van der Waals surface area (Å²) in [7, 11) is 1.25. The van der Waals surface area contributed by atoms with Crippen LogP contribution in [0.5, 0.6) is 0 Å². The predicted molar refractivity (Wildman–Crippen MR) is 248 cm³/mol. The summed E-state index contributed by atoms with van der Waals surface area (Å²) in [6.07, 6.45) is 71.5. The molecule has 0 fully saturated rings. The third kappa shape index (κ3) is 52.2. The molecule has 0 heterocycles. The highest BCUT2D eigenvalue weighted by Crippen LogP contribution is 2.18. The van der Waals surface area contributed by atoms with E-state index in [1.165, 1.54) is 330 Å². The van der Waals surface area contributed by atoms with Crippen LogP contribution in [0.2, 0.25) is 12.1 Å². The summed E-state index contributed by atoms with van der Waals surface area (Å²) in [5, 5.41) is 0. The number of hydrogen-bond donors (Lipinski definition) is 0. The van der Waals surface area contributed by atoms with E-state index in [-0.39, 0.29) is 0 Å². The van der Waals surface area contributed by atoms with Crippen molar-refractivity contribution in [2.75, 3.05) is 0 Å². The lowest BCUT2D eigenvalue weighted by molar-refractivity contribution is 0.517. The van der Waals surface area contributed by atoms with E-state index < -0.39 is 0 Å². The third-order valence-corrected chi connectivity index (χ3v) is 13.8. The average molecular weight is 760 g/mol. The zero-order chi connectivity index (χ0) is 38.1. The molecule has 0 aromatic carbocycles. The van der Waals surface area contributed by atoms with Crippen LogP contribution in [0, 0.1) is 0 Å². The first-order valence-corrected chi connectivity index (χ1v) is 27.5. The van der Waals surface area contributed by atoms with Gasteiger partial charge in [-0.05, 0) is 0 Å². The maximum atomic E-state index is 2.31. The van der Waals surface area contributed by atoms with E-state index in [0.717, 1.165) is 0 Å². The Kier molecular flexibility index (Phi) is 52.4. The largest absolute Gasteiger partial charge is 0.0654 e. The number of unbranched alkanes of at least 4 members (excludes halogenated alkanes) is 46. The SMILES string of the molecule is CCCCCCCCCCCCCCCCCCCCCCCCCC[Si]CCCCCCCCCCCCCCCCCCCCCCCCCC. The van der Waals surface area contributed by atoms with Gasteiger partial charge in [0.25, 0.3) is 0 Å². The minimum absolute atomic E-state index is 1.25. The first-order valence-electron chi connectivity index (χ1n) is 26.1. The topological polar surface area (TPSA) is 0 Å². The lowest BCUT2D eigenvalue weighted by Crippen LogP contribution is -1.90. The molecule has 0 spiro atoms. The van der Waals surface area contributed by atoms with Gasteiger partial charge in [-0.15, -0.1) is 0 Å². The molecule has 0 atom stereocenters. The van der Waals surface area contributed by atoms with Crippen LogP contribution >= 0.6 is 0 Å². The van der Waals surface area contributed by atoms with Crippen LogP contribution in [-0.2, 0) is 0 Å². The second-order valence-corrected chi connectivity index (χ2v) is 19.5. The van der Waals surface area contributed by atoms with Crippen molar-refractivity contribution < 1.29 is 0 Å². The molecule has 0 saturated carbocycles. The number of hydrogen-bond acceptors (Lipinski definition) is 0. The molecule has 0 amide bonds. The zero-order valence-electron chi connectivity index (χ0n) is 37.9. The normalized spacial score (nSPS) is 11.7. The van der Waals surface area contributed by atoms with E-state index in [1.54, 1.807) is 0 Å². The second-order valence-electron chi connectivity index (χ2n) is 18.0. The van der Waals surface area contributed by atoms with Crippen molar-refractivity contribution in [3.8, 4) is 0 Å². The molecule has 0 aromatic rings. The van der Waals surface area contributed by atoms with Crippen molar-refractivity contribution in [2.45, 2.75) is 334 Å². The molecule has 1 heteroatoms. The highest BCUT2D eigenvalue weighted by Gasteiger charge is 1.99. The fourth-order valence-electron chi connectivity index (χ4n) is 8.55. The van der Waals surface area contributed by atoms with Gasteiger partial charge in [-0.25, -0.2) is 0 Å². The fourth-order valence-corrected chi connectivity index (χ4v) is 9.80. The van der Waals surface area contributed by atoms with Gasteiger partial charge in [0, 0.05) is 9.52 Å². The van der Waals surface area contributed by atoms with Crippen LogP contribution in [0.1, 0.15) is 322 Å². The molecule has 0 unspecified atom stereocenters. The molecule has 53 heavy (non-hydrogen) atoms. The zero-order valence-corrected chi connectivity index (χ0v) is 38.9. The van der Waals surface area contributed by atoms with E-state index in [4.69, 9.17) is 0 Å². The van der Waals surface area contributed by atoms with Gasteiger partial charge in [-0.3, -0.25) is 0 Å². The molecule has 0 aliphatic heterocycles. The van der Waals surface area contributed by atoms with Crippen LogP contribution < -0.4 is 0 Å². The third-order valence-electron chi connectivity index (χ3n) is 12.4. The standard InChI is InChI=1S/C52H106Si/c1-3-5-7-9-11-13-15-17-19-21-23-25-27-29-31-33-35-37-39-41-43-45-47-49-51-53-52-50-48-46-44-42-40-38-36-34-32-30-28-26-24-22-20-18-16-14-12-10-8-6-4-2/h3-52H2,1-2H3. The van der Waals surface area contributed by atoms with E-state index in [0.29, 0.717) is 0 Å². The minimum Gasteiger partial charge on any atom is -0.0654 e. The van der Waals surface area contributed by atoms with Crippen molar-refractivity contribution in [2.24, 2.45) is 0 Å². The molecule has 0 aliphatic rings. The van der Waals surface area contributed by atoms with E-state index >= 15 is 0 Å². The molecule has 0 N–H and O–H groups in total. The van der Waals surface area contributed by atoms with Gasteiger partial charge in [-0.2, -0.15) is 0 Å². The summed E-state index contributed by atoms with van der Waals surface area (Å²) in [4.78, 5) is 0. The Hall–Kier alpha value is 0.217. The molecule has 0 bridgehead atoms. The second kappa shape index (κ2) is 52.2. The molecular weight excluding hydrogens is 653 g/mol. The summed E-state index contributed by atoms with van der Waals surface area (Å²) >= 11 is 0. The van der Waals surface area contributed by atoms with Crippen LogP contribution in [0.25, 0.3) is 0 Å². The molecule has 2 radical (unpaired) electrons. The summed E-state index contributed by atoms with van der Waals surface area (Å²) in [5.41, 5.74) is 0. The Bertz CT molecular complexity index is 536.